The molecule has 9 heavy (non-hydrogen) atoms. The Hall–Kier alpha value is -0.150. The summed E-state index contributed by atoms with van der Waals surface area (Å²) in [6, 6.07) is 0.376. The minimum Gasteiger partial charge on any atom is -0.317 e. The summed E-state index contributed by atoms with van der Waals surface area (Å²) in [7, 11) is 1.88. The maximum Gasteiger partial charge on any atom is 0.152 e. The summed E-state index contributed by atoms with van der Waals surface area (Å²) in [5.74, 6) is 0. The van der Waals surface area contributed by atoms with Gasteiger partial charge in [-0.05, 0) is 20.0 Å². The fourth-order valence-corrected chi connectivity index (χ4v) is 1.13. The third kappa shape index (κ3) is 1.91. The SMILES string of the molecule is CNC1CCNC(F)C1. The Labute approximate surface area is 54.8 Å². The second-order valence-corrected chi connectivity index (χ2v) is 2.43. The van der Waals surface area contributed by atoms with Gasteiger partial charge in [0.2, 0.25) is 0 Å². The Bertz CT molecular complexity index is 87.1. The van der Waals surface area contributed by atoms with Crippen molar-refractivity contribution in [1.82, 2.24) is 10.6 Å². The second-order valence-electron chi connectivity index (χ2n) is 2.43. The van der Waals surface area contributed by atoms with Gasteiger partial charge in [-0.2, -0.15) is 0 Å². The number of hydrogen-bond acceptors (Lipinski definition) is 2. The molecule has 0 spiro atoms. The van der Waals surface area contributed by atoms with Gasteiger partial charge in [-0.3, -0.25) is 5.32 Å². The van der Waals surface area contributed by atoms with Gasteiger partial charge < -0.3 is 5.32 Å². The van der Waals surface area contributed by atoms with Crippen LogP contribution in [-0.4, -0.2) is 25.9 Å². The Morgan fingerprint density at radius 2 is 2.44 bits per heavy atom. The molecule has 0 saturated carbocycles. The lowest BCUT2D eigenvalue weighted by atomic mass is 10.1. The van der Waals surface area contributed by atoms with Crippen LogP contribution in [0.3, 0.4) is 0 Å². The van der Waals surface area contributed by atoms with Gasteiger partial charge in [0.15, 0.2) is 6.30 Å². The number of piperidine rings is 1. The van der Waals surface area contributed by atoms with Gasteiger partial charge in [0.25, 0.3) is 0 Å². The lowest BCUT2D eigenvalue weighted by Gasteiger charge is -2.24. The molecule has 0 radical (unpaired) electrons. The van der Waals surface area contributed by atoms with Gasteiger partial charge in [-0.25, -0.2) is 4.39 Å². The minimum absolute atomic E-state index is 0.376. The Kier molecular flexibility index (Phi) is 2.42. The molecule has 2 N–H and O–H groups in total. The molecule has 2 unspecified atom stereocenters. The largest absolute Gasteiger partial charge is 0.317 e. The van der Waals surface area contributed by atoms with Crippen molar-refractivity contribution in [2.75, 3.05) is 13.6 Å². The molecular weight excluding hydrogens is 119 g/mol. The second kappa shape index (κ2) is 3.13. The van der Waals surface area contributed by atoms with E-state index >= 15 is 0 Å². The molecule has 2 nitrogen and oxygen atoms in total. The average molecular weight is 132 g/mol. The van der Waals surface area contributed by atoms with Crippen LogP contribution in [0.5, 0.6) is 0 Å². The predicted molar refractivity (Wildman–Crippen MR) is 35.0 cm³/mol. The monoisotopic (exact) mass is 132 g/mol. The van der Waals surface area contributed by atoms with E-state index in [0.717, 1.165) is 13.0 Å². The summed E-state index contributed by atoms with van der Waals surface area (Å²) in [4.78, 5) is 0. The lowest BCUT2D eigenvalue weighted by molar-refractivity contribution is 0.195. The Morgan fingerprint density at radius 1 is 1.67 bits per heavy atom. The van der Waals surface area contributed by atoms with Crippen molar-refractivity contribution in [2.45, 2.75) is 25.2 Å². The zero-order valence-electron chi connectivity index (χ0n) is 5.65. The first-order valence-electron chi connectivity index (χ1n) is 3.37. The first-order valence-corrected chi connectivity index (χ1v) is 3.37. The van der Waals surface area contributed by atoms with Crippen molar-refractivity contribution < 1.29 is 4.39 Å². The van der Waals surface area contributed by atoms with E-state index in [9.17, 15) is 4.39 Å². The summed E-state index contributed by atoms with van der Waals surface area (Å²) in [6.07, 6.45) is 0.851. The van der Waals surface area contributed by atoms with Gasteiger partial charge in [0, 0.05) is 12.5 Å². The van der Waals surface area contributed by atoms with Crippen molar-refractivity contribution in [3.63, 3.8) is 0 Å². The molecule has 1 heterocycles. The van der Waals surface area contributed by atoms with Crippen LogP contribution < -0.4 is 10.6 Å². The molecule has 1 fully saturated rings. The molecule has 54 valence electrons. The molecular formula is C6H13FN2. The minimum atomic E-state index is -0.795. The summed E-state index contributed by atoms with van der Waals surface area (Å²) >= 11 is 0. The molecule has 1 aliphatic rings. The topological polar surface area (TPSA) is 24.1 Å². The highest BCUT2D eigenvalue weighted by atomic mass is 19.1. The molecule has 1 saturated heterocycles. The summed E-state index contributed by atoms with van der Waals surface area (Å²) in [5.41, 5.74) is 0. The molecule has 3 heteroatoms. The average Bonchev–Trinajstić information content (AvgIpc) is 1.88. The fraction of sp³-hybridized carbons (Fsp3) is 1.00. The van der Waals surface area contributed by atoms with Gasteiger partial charge in [-0.1, -0.05) is 0 Å². The van der Waals surface area contributed by atoms with E-state index in [1.54, 1.807) is 0 Å². The maximum atomic E-state index is 12.5. The predicted octanol–water partition coefficient (Wildman–Crippen LogP) is 0.253. The van der Waals surface area contributed by atoms with E-state index in [-0.39, 0.29) is 0 Å². The van der Waals surface area contributed by atoms with Gasteiger partial charge in [0.05, 0.1) is 0 Å². The molecule has 0 aromatic carbocycles. The molecule has 0 aliphatic carbocycles. The third-order valence-electron chi connectivity index (χ3n) is 1.76. The van der Waals surface area contributed by atoms with Crippen LogP contribution in [0.4, 0.5) is 4.39 Å². The lowest BCUT2D eigenvalue weighted by Crippen LogP contribution is -2.42. The van der Waals surface area contributed by atoms with Crippen LogP contribution in [0, 0.1) is 0 Å². The zero-order chi connectivity index (χ0) is 6.69. The highest BCUT2D eigenvalue weighted by Gasteiger charge is 2.18. The highest BCUT2D eigenvalue weighted by Crippen LogP contribution is 2.07. The van der Waals surface area contributed by atoms with E-state index < -0.39 is 6.30 Å². The third-order valence-corrected chi connectivity index (χ3v) is 1.76. The Balaban J connectivity index is 2.23. The van der Waals surface area contributed by atoms with Crippen molar-refractivity contribution in [3.8, 4) is 0 Å². The molecule has 0 aromatic heterocycles. The van der Waals surface area contributed by atoms with E-state index in [0.29, 0.717) is 12.5 Å². The van der Waals surface area contributed by atoms with E-state index in [2.05, 4.69) is 10.6 Å². The molecule has 0 amide bonds. The van der Waals surface area contributed by atoms with Crippen LogP contribution in [0.1, 0.15) is 12.8 Å². The van der Waals surface area contributed by atoms with Gasteiger partial charge in [0.1, 0.15) is 0 Å². The normalized spacial score (nSPS) is 36.7. The summed E-state index contributed by atoms with van der Waals surface area (Å²) < 4.78 is 12.5. The smallest absolute Gasteiger partial charge is 0.152 e. The molecule has 1 rings (SSSR count). The number of rotatable bonds is 1. The maximum absolute atomic E-state index is 12.5. The number of hydrogen-bond donors (Lipinski definition) is 2. The van der Waals surface area contributed by atoms with Gasteiger partial charge >= 0.3 is 0 Å². The zero-order valence-corrected chi connectivity index (χ0v) is 5.65. The van der Waals surface area contributed by atoms with Crippen LogP contribution in [0.15, 0.2) is 0 Å². The molecule has 0 bridgehead atoms. The van der Waals surface area contributed by atoms with Crippen molar-refractivity contribution in [3.05, 3.63) is 0 Å². The first-order chi connectivity index (χ1) is 4.33. The Morgan fingerprint density at radius 3 is 2.89 bits per heavy atom. The standard InChI is InChI=1S/C6H13FN2/c1-8-5-2-3-9-6(7)4-5/h5-6,8-9H,2-4H2,1H3. The van der Waals surface area contributed by atoms with Crippen molar-refractivity contribution in [1.29, 1.82) is 0 Å². The van der Waals surface area contributed by atoms with E-state index in [4.69, 9.17) is 0 Å². The summed E-state index contributed by atoms with van der Waals surface area (Å²) in [5, 5.41) is 5.79. The van der Waals surface area contributed by atoms with Crippen LogP contribution in [-0.2, 0) is 0 Å². The quantitative estimate of drug-likeness (QED) is 0.500. The van der Waals surface area contributed by atoms with Crippen molar-refractivity contribution in [2.24, 2.45) is 0 Å². The molecule has 0 aromatic rings. The van der Waals surface area contributed by atoms with Crippen LogP contribution in [0.25, 0.3) is 0 Å². The highest BCUT2D eigenvalue weighted by molar-refractivity contribution is 4.75. The molecule has 2 atom stereocenters. The van der Waals surface area contributed by atoms with E-state index in [1.807, 2.05) is 7.05 Å². The molecule has 1 aliphatic heterocycles. The number of halogens is 1. The van der Waals surface area contributed by atoms with Crippen molar-refractivity contribution >= 4 is 0 Å². The number of alkyl halides is 1. The fourth-order valence-electron chi connectivity index (χ4n) is 1.13. The number of nitrogens with one attached hydrogen (secondary N) is 2. The first kappa shape index (κ1) is 6.96. The summed E-state index contributed by atoms with van der Waals surface area (Å²) in [6.45, 7) is 0.798. The van der Waals surface area contributed by atoms with Crippen LogP contribution >= 0.6 is 0 Å². The van der Waals surface area contributed by atoms with Crippen LogP contribution in [0.2, 0.25) is 0 Å². The van der Waals surface area contributed by atoms with E-state index in [1.165, 1.54) is 0 Å². The van der Waals surface area contributed by atoms with Gasteiger partial charge in [-0.15, -0.1) is 0 Å².